The van der Waals surface area contributed by atoms with Gasteiger partial charge in [-0.15, -0.1) is 10.2 Å². The van der Waals surface area contributed by atoms with E-state index in [-0.39, 0.29) is 5.91 Å². The highest BCUT2D eigenvalue weighted by Crippen LogP contribution is 2.30. The molecule has 1 fully saturated rings. The summed E-state index contributed by atoms with van der Waals surface area (Å²) in [4.78, 5) is 17.2. The lowest BCUT2D eigenvalue weighted by Gasteiger charge is -2.33. The van der Waals surface area contributed by atoms with Crippen LogP contribution in [0.5, 0.6) is 0 Å². The van der Waals surface area contributed by atoms with Crippen molar-refractivity contribution >= 4 is 34.8 Å². The van der Waals surface area contributed by atoms with Crippen molar-refractivity contribution in [3.63, 3.8) is 0 Å². The van der Waals surface area contributed by atoms with Gasteiger partial charge in [-0.2, -0.15) is 9.61 Å². The number of piperazine rings is 1. The zero-order chi connectivity index (χ0) is 19.0. The number of hydrogen-bond acceptors (Lipinski definition) is 5. The van der Waals surface area contributed by atoms with Crippen molar-refractivity contribution in [2.24, 2.45) is 0 Å². The fourth-order valence-corrected chi connectivity index (χ4v) is 3.81. The fourth-order valence-electron chi connectivity index (χ4n) is 3.28. The van der Waals surface area contributed by atoms with E-state index in [1.54, 1.807) is 24.3 Å². The fraction of sp³-hybridized carbons (Fsp3) is 0.333. The van der Waals surface area contributed by atoms with Crippen molar-refractivity contribution in [3.8, 4) is 11.1 Å². The number of fused-ring (bicyclic) bond motifs is 1. The molecule has 4 rings (SSSR count). The third kappa shape index (κ3) is 3.63. The number of carbonyl (C=O) groups excluding carboxylic acids is 1. The summed E-state index contributed by atoms with van der Waals surface area (Å²) in [6.45, 7) is 6.23. The van der Waals surface area contributed by atoms with Crippen molar-refractivity contribution in [1.29, 1.82) is 0 Å². The third-order valence-electron chi connectivity index (χ3n) is 4.77. The number of aromatic nitrogens is 4. The monoisotopic (exact) mass is 404 g/mol. The molecule has 1 aromatic carbocycles. The van der Waals surface area contributed by atoms with Gasteiger partial charge in [-0.25, -0.2) is 0 Å². The van der Waals surface area contributed by atoms with Gasteiger partial charge in [0.2, 0.25) is 0 Å². The Hall–Kier alpha value is -2.22. The maximum Gasteiger partial charge on any atom is 0.274 e. The van der Waals surface area contributed by atoms with Gasteiger partial charge in [-0.1, -0.05) is 30.1 Å². The molecule has 0 N–H and O–H groups in total. The topological polar surface area (TPSA) is 66.6 Å². The smallest absolute Gasteiger partial charge is 0.274 e. The van der Waals surface area contributed by atoms with E-state index in [2.05, 4.69) is 27.1 Å². The second kappa shape index (κ2) is 7.42. The molecule has 2 aromatic heterocycles. The van der Waals surface area contributed by atoms with Gasteiger partial charge >= 0.3 is 0 Å². The number of hydrogen-bond donors (Lipinski definition) is 0. The predicted octanol–water partition coefficient (Wildman–Crippen LogP) is 2.88. The van der Waals surface area contributed by atoms with Crippen LogP contribution in [0.25, 0.3) is 16.8 Å². The van der Waals surface area contributed by atoms with E-state index in [9.17, 15) is 4.79 Å². The largest absolute Gasteiger partial charge is 0.335 e. The Labute approximate surface area is 166 Å². The van der Waals surface area contributed by atoms with Crippen LogP contribution in [0.1, 0.15) is 17.4 Å². The average molecular weight is 405 g/mol. The summed E-state index contributed by atoms with van der Waals surface area (Å²) in [5, 5.41) is 13.5. The van der Waals surface area contributed by atoms with Crippen LogP contribution in [0.15, 0.2) is 30.6 Å². The zero-order valence-corrected chi connectivity index (χ0v) is 16.3. The maximum atomic E-state index is 13.0. The number of halogens is 2. The molecule has 3 aromatic rings. The molecule has 1 aliphatic heterocycles. The van der Waals surface area contributed by atoms with E-state index in [1.807, 2.05) is 4.90 Å². The molecule has 1 aliphatic rings. The van der Waals surface area contributed by atoms with E-state index in [4.69, 9.17) is 23.2 Å². The summed E-state index contributed by atoms with van der Waals surface area (Å²) in [6, 6.07) is 6.96. The normalized spacial score (nSPS) is 15.4. The van der Waals surface area contributed by atoms with Crippen LogP contribution in [0.3, 0.4) is 0 Å². The molecule has 0 atom stereocenters. The highest BCUT2D eigenvalue weighted by Gasteiger charge is 2.24. The number of nitrogens with zero attached hydrogens (tertiary/aromatic N) is 6. The van der Waals surface area contributed by atoms with Crippen LogP contribution in [0.2, 0.25) is 10.0 Å². The van der Waals surface area contributed by atoms with Crippen LogP contribution < -0.4 is 0 Å². The molecule has 9 heteroatoms. The van der Waals surface area contributed by atoms with E-state index in [1.165, 1.54) is 10.8 Å². The van der Waals surface area contributed by atoms with E-state index >= 15 is 0 Å². The number of carbonyl (C=O) groups is 1. The summed E-state index contributed by atoms with van der Waals surface area (Å²) in [5.74, 6) is -0.101. The quantitative estimate of drug-likeness (QED) is 0.671. The Morgan fingerprint density at radius 2 is 1.78 bits per heavy atom. The molecule has 0 bridgehead atoms. The predicted molar refractivity (Wildman–Crippen MR) is 104 cm³/mol. The van der Waals surface area contributed by atoms with Gasteiger partial charge in [0.1, 0.15) is 12.0 Å². The van der Waals surface area contributed by atoms with Gasteiger partial charge in [-0.3, -0.25) is 4.79 Å². The molecule has 27 heavy (non-hydrogen) atoms. The maximum absolute atomic E-state index is 13.0. The highest BCUT2D eigenvalue weighted by atomic mass is 35.5. The number of rotatable bonds is 3. The summed E-state index contributed by atoms with van der Waals surface area (Å²) >= 11 is 12.3. The lowest BCUT2D eigenvalue weighted by Crippen LogP contribution is -2.48. The minimum absolute atomic E-state index is 0.101. The van der Waals surface area contributed by atoms with Crippen LogP contribution in [-0.4, -0.2) is 68.2 Å². The number of amides is 1. The highest BCUT2D eigenvalue weighted by molar-refractivity contribution is 6.35. The molecule has 3 heterocycles. The van der Waals surface area contributed by atoms with Crippen molar-refractivity contribution in [2.45, 2.75) is 6.92 Å². The molecule has 0 unspecified atom stereocenters. The summed E-state index contributed by atoms with van der Waals surface area (Å²) < 4.78 is 1.51. The standard InChI is InChI=1S/C18H18Cl2N6O/c1-2-24-3-5-25(6-4-24)18(27)16-10-15(17-22-21-11-26(17)23-16)12-7-13(19)9-14(20)8-12/h7-11H,2-6H2,1H3. The van der Waals surface area contributed by atoms with E-state index in [0.717, 1.165) is 25.2 Å². The lowest BCUT2D eigenvalue weighted by atomic mass is 10.1. The first kappa shape index (κ1) is 18.2. The number of likely N-dealkylation sites (N-methyl/N-ethyl adjacent to an activating group) is 1. The van der Waals surface area contributed by atoms with Crippen LogP contribution in [0, 0.1) is 0 Å². The Morgan fingerprint density at radius 1 is 1.07 bits per heavy atom. The molecule has 1 saturated heterocycles. The Kier molecular flexibility index (Phi) is 4.99. The van der Waals surface area contributed by atoms with E-state index in [0.29, 0.717) is 40.0 Å². The van der Waals surface area contributed by atoms with Gasteiger partial charge < -0.3 is 9.80 Å². The minimum Gasteiger partial charge on any atom is -0.335 e. The molecule has 0 spiro atoms. The summed E-state index contributed by atoms with van der Waals surface area (Å²) in [7, 11) is 0. The lowest BCUT2D eigenvalue weighted by molar-refractivity contribution is 0.0636. The average Bonchev–Trinajstić information content (AvgIpc) is 3.14. The Morgan fingerprint density at radius 3 is 2.44 bits per heavy atom. The molecule has 0 radical (unpaired) electrons. The van der Waals surface area contributed by atoms with Crippen molar-refractivity contribution in [3.05, 3.63) is 46.3 Å². The summed E-state index contributed by atoms with van der Waals surface area (Å²) in [5.41, 5.74) is 2.36. The SMILES string of the molecule is CCN1CCN(C(=O)c2cc(-c3cc(Cl)cc(Cl)c3)c3nncn3n2)CC1. The van der Waals surface area contributed by atoms with Gasteiger partial charge in [0.05, 0.1) is 0 Å². The molecule has 7 nitrogen and oxygen atoms in total. The van der Waals surface area contributed by atoms with Crippen LogP contribution >= 0.6 is 23.2 Å². The van der Waals surface area contributed by atoms with Crippen LogP contribution in [0.4, 0.5) is 0 Å². The van der Waals surface area contributed by atoms with Gasteiger partial charge in [0.15, 0.2) is 5.65 Å². The van der Waals surface area contributed by atoms with Crippen LogP contribution in [-0.2, 0) is 0 Å². The van der Waals surface area contributed by atoms with E-state index < -0.39 is 0 Å². The van der Waals surface area contributed by atoms with Crippen molar-refractivity contribution in [2.75, 3.05) is 32.7 Å². The first-order valence-corrected chi connectivity index (χ1v) is 9.50. The van der Waals surface area contributed by atoms with Gasteiger partial charge in [0.25, 0.3) is 5.91 Å². The second-order valence-electron chi connectivity index (χ2n) is 6.43. The Balaban J connectivity index is 1.73. The second-order valence-corrected chi connectivity index (χ2v) is 7.30. The molecular formula is C18H18Cl2N6O. The summed E-state index contributed by atoms with van der Waals surface area (Å²) in [6.07, 6.45) is 1.48. The molecule has 0 saturated carbocycles. The van der Waals surface area contributed by atoms with Gasteiger partial charge in [0, 0.05) is 41.8 Å². The number of benzene rings is 1. The third-order valence-corrected chi connectivity index (χ3v) is 5.20. The van der Waals surface area contributed by atoms with Gasteiger partial charge in [-0.05, 0) is 36.4 Å². The molecule has 0 aliphatic carbocycles. The molecular weight excluding hydrogens is 387 g/mol. The molecule has 140 valence electrons. The van der Waals surface area contributed by atoms with Crippen molar-refractivity contribution < 1.29 is 4.79 Å². The first-order chi connectivity index (χ1) is 13.0. The molecule has 1 amide bonds. The first-order valence-electron chi connectivity index (χ1n) is 8.74. The Bertz CT molecular complexity index is 976. The minimum atomic E-state index is -0.101. The van der Waals surface area contributed by atoms with Crippen molar-refractivity contribution in [1.82, 2.24) is 29.6 Å². The zero-order valence-electron chi connectivity index (χ0n) is 14.8.